The van der Waals surface area contributed by atoms with E-state index in [4.69, 9.17) is 0 Å². The van der Waals surface area contributed by atoms with Crippen LogP contribution in [0.25, 0.3) is 10.1 Å². The van der Waals surface area contributed by atoms with Crippen molar-refractivity contribution >= 4 is 27.3 Å². The van der Waals surface area contributed by atoms with Crippen LogP contribution in [0.4, 0.5) is 4.39 Å². The predicted molar refractivity (Wildman–Crippen MR) is 84.5 cm³/mol. The maximum atomic E-state index is 13.4. The topological polar surface area (TPSA) is 32.3 Å². The van der Waals surface area contributed by atoms with Crippen LogP contribution in [0, 0.1) is 12.7 Å². The fourth-order valence-corrected chi connectivity index (χ4v) is 4.07. The molecule has 1 fully saturated rings. The van der Waals surface area contributed by atoms with Gasteiger partial charge in [0.1, 0.15) is 5.82 Å². The third-order valence-corrected chi connectivity index (χ3v) is 5.54. The third kappa shape index (κ3) is 2.68. The second kappa shape index (κ2) is 5.73. The summed E-state index contributed by atoms with van der Waals surface area (Å²) in [5.74, 6) is -0.166. The van der Waals surface area contributed by atoms with E-state index in [1.807, 2.05) is 18.9 Å². The number of rotatable bonds is 2. The van der Waals surface area contributed by atoms with Crippen molar-refractivity contribution in [3.05, 3.63) is 34.5 Å². The highest BCUT2D eigenvalue weighted by Gasteiger charge is 2.25. The van der Waals surface area contributed by atoms with E-state index in [9.17, 15) is 9.18 Å². The molecule has 3 nitrogen and oxygen atoms in total. The lowest BCUT2D eigenvalue weighted by atomic mass is 10.0. The zero-order chi connectivity index (χ0) is 15.0. The summed E-state index contributed by atoms with van der Waals surface area (Å²) in [6.45, 7) is 3.48. The molecule has 3 rings (SSSR count). The summed E-state index contributed by atoms with van der Waals surface area (Å²) in [4.78, 5) is 15.4. The first-order valence-corrected chi connectivity index (χ1v) is 8.07. The number of likely N-dealkylation sites (tertiary alicyclic amines) is 1. The van der Waals surface area contributed by atoms with E-state index in [-0.39, 0.29) is 11.7 Å². The Bertz CT molecular complexity index is 674. The molecule has 0 aliphatic carbocycles. The molecule has 21 heavy (non-hydrogen) atoms. The number of hydrogen-bond acceptors (Lipinski definition) is 3. The number of nitrogens with one attached hydrogen (secondary N) is 1. The number of hydrogen-bond donors (Lipinski definition) is 1. The van der Waals surface area contributed by atoms with Crippen molar-refractivity contribution in [3.8, 4) is 0 Å². The number of halogens is 1. The summed E-state index contributed by atoms with van der Waals surface area (Å²) >= 11 is 1.47. The van der Waals surface area contributed by atoms with Gasteiger partial charge in [0.15, 0.2) is 0 Å². The van der Waals surface area contributed by atoms with Gasteiger partial charge in [0.05, 0.1) is 4.88 Å². The number of piperidine rings is 1. The highest BCUT2D eigenvalue weighted by Crippen LogP contribution is 2.32. The van der Waals surface area contributed by atoms with Crippen molar-refractivity contribution in [1.82, 2.24) is 10.2 Å². The van der Waals surface area contributed by atoms with Crippen molar-refractivity contribution in [2.45, 2.75) is 25.8 Å². The Labute approximate surface area is 127 Å². The summed E-state index contributed by atoms with van der Waals surface area (Å²) in [7, 11) is 1.97. The molecule has 0 spiro atoms. The van der Waals surface area contributed by atoms with Crippen molar-refractivity contribution in [2.24, 2.45) is 0 Å². The normalized spacial score (nSPS) is 16.6. The van der Waals surface area contributed by atoms with E-state index in [2.05, 4.69) is 5.32 Å². The van der Waals surface area contributed by atoms with E-state index in [0.29, 0.717) is 6.04 Å². The van der Waals surface area contributed by atoms with Gasteiger partial charge in [-0.3, -0.25) is 4.79 Å². The number of thiophene rings is 1. The Kier molecular flexibility index (Phi) is 3.95. The number of carbonyl (C=O) groups is 1. The summed E-state index contributed by atoms with van der Waals surface area (Å²) < 4.78 is 14.3. The smallest absolute Gasteiger partial charge is 0.264 e. The number of carbonyl (C=O) groups excluding carboxylic acids is 1. The van der Waals surface area contributed by atoms with Crippen LogP contribution in [0.3, 0.4) is 0 Å². The van der Waals surface area contributed by atoms with Crippen molar-refractivity contribution < 1.29 is 9.18 Å². The molecule has 112 valence electrons. The highest BCUT2D eigenvalue weighted by atomic mass is 32.1. The highest BCUT2D eigenvalue weighted by molar-refractivity contribution is 7.21. The van der Waals surface area contributed by atoms with Gasteiger partial charge in [0.25, 0.3) is 5.91 Å². The van der Waals surface area contributed by atoms with E-state index < -0.39 is 0 Å². The van der Waals surface area contributed by atoms with E-state index >= 15 is 0 Å². The Morgan fingerprint density at radius 3 is 2.76 bits per heavy atom. The van der Waals surface area contributed by atoms with Crippen molar-refractivity contribution in [2.75, 3.05) is 20.1 Å². The van der Waals surface area contributed by atoms with Crippen LogP contribution in [0.15, 0.2) is 18.2 Å². The van der Waals surface area contributed by atoms with Crippen LogP contribution in [-0.4, -0.2) is 37.0 Å². The predicted octanol–water partition coefficient (Wildman–Crippen LogP) is 3.17. The summed E-state index contributed by atoms with van der Waals surface area (Å²) in [6.07, 6.45) is 1.97. The standard InChI is InChI=1S/C16H19FN2OS/c1-10-13-9-11(17)3-4-14(13)21-15(10)16(20)19-7-5-12(18-2)6-8-19/h3-4,9,12,18H,5-8H2,1-2H3. The molecule has 0 unspecified atom stereocenters. The Morgan fingerprint density at radius 1 is 1.38 bits per heavy atom. The monoisotopic (exact) mass is 306 g/mol. The summed E-state index contributed by atoms with van der Waals surface area (Å²) in [6, 6.07) is 5.23. The Hall–Kier alpha value is -1.46. The fraction of sp³-hybridized carbons (Fsp3) is 0.438. The molecular formula is C16H19FN2OS. The third-order valence-electron chi connectivity index (χ3n) is 4.28. The van der Waals surface area contributed by atoms with Crippen LogP contribution < -0.4 is 5.32 Å². The molecule has 1 saturated heterocycles. The van der Waals surface area contributed by atoms with Gasteiger partial charge in [-0.25, -0.2) is 4.39 Å². The average molecular weight is 306 g/mol. The lowest BCUT2D eigenvalue weighted by Crippen LogP contribution is -2.43. The molecule has 0 bridgehead atoms. The minimum Gasteiger partial charge on any atom is -0.338 e. The lowest BCUT2D eigenvalue weighted by Gasteiger charge is -2.31. The molecular weight excluding hydrogens is 287 g/mol. The van der Waals surface area contributed by atoms with Gasteiger partial charge in [-0.1, -0.05) is 0 Å². The molecule has 1 aromatic carbocycles. The van der Waals surface area contributed by atoms with Gasteiger partial charge < -0.3 is 10.2 Å². The van der Waals surface area contributed by atoms with Crippen LogP contribution in [0.5, 0.6) is 0 Å². The lowest BCUT2D eigenvalue weighted by molar-refractivity contribution is 0.0711. The molecule has 1 aliphatic heterocycles. The Morgan fingerprint density at radius 2 is 2.10 bits per heavy atom. The number of aryl methyl sites for hydroxylation is 1. The van der Waals surface area contributed by atoms with Gasteiger partial charge in [-0.2, -0.15) is 0 Å². The van der Waals surface area contributed by atoms with E-state index in [1.54, 1.807) is 6.07 Å². The van der Waals surface area contributed by atoms with Crippen molar-refractivity contribution in [3.63, 3.8) is 0 Å². The second-order valence-corrected chi connectivity index (χ2v) is 6.60. The summed E-state index contributed by atoms with van der Waals surface area (Å²) in [5, 5.41) is 4.12. The number of fused-ring (bicyclic) bond motifs is 1. The second-order valence-electron chi connectivity index (χ2n) is 5.55. The number of nitrogens with zero attached hydrogens (tertiary/aromatic N) is 1. The van der Waals surface area contributed by atoms with Gasteiger partial charge in [-0.15, -0.1) is 11.3 Å². The van der Waals surface area contributed by atoms with Gasteiger partial charge in [0.2, 0.25) is 0 Å². The van der Waals surface area contributed by atoms with Crippen LogP contribution in [0.1, 0.15) is 28.1 Å². The van der Waals surface area contributed by atoms with E-state index in [0.717, 1.165) is 46.5 Å². The maximum absolute atomic E-state index is 13.4. The fourth-order valence-electron chi connectivity index (χ4n) is 2.91. The van der Waals surface area contributed by atoms with Crippen LogP contribution in [-0.2, 0) is 0 Å². The first-order valence-electron chi connectivity index (χ1n) is 7.25. The Balaban J connectivity index is 1.87. The van der Waals surface area contributed by atoms with Gasteiger partial charge in [0, 0.05) is 23.8 Å². The average Bonchev–Trinajstić information content (AvgIpc) is 2.83. The van der Waals surface area contributed by atoms with Gasteiger partial charge in [-0.05, 0) is 56.0 Å². The molecule has 0 atom stereocenters. The minimum atomic E-state index is -0.253. The molecule has 1 N–H and O–H groups in total. The molecule has 2 aromatic rings. The molecule has 0 radical (unpaired) electrons. The summed E-state index contributed by atoms with van der Waals surface area (Å²) in [5.41, 5.74) is 0.898. The van der Waals surface area contributed by atoms with Crippen LogP contribution in [0.2, 0.25) is 0 Å². The van der Waals surface area contributed by atoms with Gasteiger partial charge >= 0.3 is 0 Å². The van der Waals surface area contributed by atoms with E-state index in [1.165, 1.54) is 23.5 Å². The minimum absolute atomic E-state index is 0.0867. The molecule has 1 aliphatic rings. The molecule has 1 amide bonds. The SMILES string of the molecule is CNC1CCN(C(=O)c2sc3ccc(F)cc3c2C)CC1. The molecule has 1 aromatic heterocycles. The van der Waals surface area contributed by atoms with Crippen molar-refractivity contribution in [1.29, 1.82) is 0 Å². The quantitative estimate of drug-likeness (QED) is 0.924. The molecule has 2 heterocycles. The molecule has 0 saturated carbocycles. The first kappa shape index (κ1) is 14.5. The number of amides is 1. The zero-order valence-corrected chi connectivity index (χ0v) is 13.1. The maximum Gasteiger partial charge on any atom is 0.264 e. The molecule has 5 heteroatoms. The van der Waals surface area contributed by atoms with Crippen LogP contribution >= 0.6 is 11.3 Å². The zero-order valence-electron chi connectivity index (χ0n) is 12.3. The largest absolute Gasteiger partial charge is 0.338 e. The first-order chi connectivity index (χ1) is 10.1. The number of benzene rings is 1.